The van der Waals surface area contributed by atoms with Crippen LogP contribution < -0.4 is 10.0 Å². The summed E-state index contributed by atoms with van der Waals surface area (Å²) in [6.45, 7) is 5.29. The van der Waals surface area contributed by atoms with Crippen LogP contribution in [0, 0.1) is 0 Å². The molecule has 0 atom stereocenters. The Morgan fingerprint density at radius 3 is 2.47 bits per heavy atom. The molecule has 2 aliphatic rings. The van der Waals surface area contributed by atoms with Gasteiger partial charge in [-0.1, -0.05) is 0 Å². The number of hydrogen-bond acceptors (Lipinski definition) is 4. The number of nitrogens with one attached hydrogen (secondary N) is 2. The lowest BCUT2D eigenvalue weighted by Gasteiger charge is -2.23. The van der Waals surface area contributed by atoms with Crippen molar-refractivity contribution >= 4 is 10.0 Å². The fourth-order valence-electron chi connectivity index (χ4n) is 2.58. The molecule has 0 unspecified atom stereocenters. The van der Waals surface area contributed by atoms with E-state index >= 15 is 0 Å². The minimum Gasteiger partial charge on any atom is -0.317 e. The molecule has 0 spiro atoms. The molecule has 0 amide bonds. The van der Waals surface area contributed by atoms with Crippen LogP contribution in [0.5, 0.6) is 0 Å². The number of likely N-dealkylation sites (tertiary alicyclic amines) is 1. The smallest absolute Gasteiger partial charge is 0.214 e. The van der Waals surface area contributed by atoms with E-state index in [9.17, 15) is 8.42 Å². The molecule has 2 heterocycles. The van der Waals surface area contributed by atoms with Gasteiger partial charge in [0.2, 0.25) is 10.0 Å². The van der Waals surface area contributed by atoms with Crippen molar-refractivity contribution in [1.29, 1.82) is 0 Å². The van der Waals surface area contributed by atoms with Crippen molar-refractivity contribution in [2.75, 3.05) is 39.3 Å². The summed E-state index contributed by atoms with van der Waals surface area (Å²) >= 11 is 0. The Morgan fingerprint density at radius 1 is 1.18 bits per heavy atom. The third kappa shape index (κ3) is 3.91. The lowest BCUT2D eigenvalue weighted by Crippen LogP contribution is -2.43. The van der Waals surface area contributed by atoms with Gasteiger partial charge in [0.1, 0.15) is 0 Å². The topological polar surface area (TPSA) is 61.4 Å². The van der Waals surface area contributed by atoms with Crippen LogP contribution in [0.3, 0.4) is 0 Å². The monoisotopic (exact) mass is 261 g/mol. The highest BCUT2D eigenvalue weighted by Gasteiger charge is 2.26. The number of sulfonamides is 1. The van der Waals surface area contributed by atoms with Gasteiger partial charge in [-0.25, -0.2) is 13.1 Å². The van der Waals surface area contributed by atoms with Gasteiger partial charge in [-0.05, 0) is 51.9 Å². The molecule has 0 radical (unpaired) electrons. The third-order valence-electron chi connectivity index (χ3n) is 3.65. The van der Waals surface area contributed by atoms with Crippen molar-refractivity contribution in [3.63, 3.8) is 0 Å². The molecule has 0 aromatic heterocycles. The van der Waals surface area contributed by atoms with E-state index in [4.69, 9.17) is 0 Å². The second-order valence-electron chi connectivity index (χ2n) is 4.94. The molecule has 6 heteroatoms. The number of rotatable bonds is 5. The van der Waals surface area contributed by atoms with Gasteiger partial charge in [-0.2, -0.15) is 0 Å². The van der Waals surface area contributed by atoms with E-state index in [1.54, 1.807) is 0 Å². The number of nitrogens with zero attached hydrogens (tertiary/aromatic N) is 1. The van der Waals surface area contributed by atoms with Crippen molar-refractivity contribution in [3.8, 4) is 0 Å². The summed E-state index contributed by atoms with van der Waals surface area (Å²) in [5, 5.41) is 2.99. The molecule has 2 aliphatic heterocycles. The maximum atomic E-state index is 12.0. The first-order valence-corrected chi connectivity index (χ1v) is 8.15. The Hall–Kier alpha value is -0.170. The molecule has 0 aliphatic carbocycles. The Morgan fingerprint density at radius 2 is 1.82 bits per heavy atom. The molecule has 2 fully saturated rings. The summed E-state index contributed by atoms with van der Waals surface area (Å²) in [5.41, 5.74) is 0. The summed E-state index contributed by atoms with van der Waals surface area (Å²) < 4.78 is 26.8. The zero-order chi connectivity index (χ0) is 12.1. The van der Waals surface area contributed by atoms with E-state index in [1.807, 2.05) is 0 Å². The molecule has 0 bridgehead atoms. The largest absolute Gasteiger partial charge is 0.317 e. The molecule has 2 N–H and O–H groups in total. The molecule has 2 rings (SSSR count). The molecule has 5 nitrogen and oxygen atoms in total. The van der Waals surface area contributed by atoms with Crippen LogP contribution in [-0.4, -0.2) is 57.8 Å². The van der Waals surface area contributed by atoms with Gasteiger partial charge in [0.15, 0.2) is 0 Å². The molecular formula is C11H23N3O2S. The first-order valence-electron chi connectivity index (χ1n) is 6.60. The first kappa shape index (κ1) is 13.3. The first-order chi connectivity index (χ1) is 8.18. The summed E-state index contributed by atoms with van der Waals surface area (Å²) in [7, 11) is -3.09. The van der Waals surface area contributed by atoms with Crippen LogP contribution in [0.4, 0.5) is 0 Å². The van der Waals surface area contributed by atoms with Gasteiger partial charge >= 0.3 is 0 Å². The highest BCUT2D eigenvalue weighted by atomic mass is 32.2. The standard InChI is InChI=1S/C11H23N3O2S/c15-17(16,11-3-5-12-6-4-11)13-7-10-14-8-1-2-9-14/h11-13H,1-10H2. The van der Waals surface area contributed by atoms with Gasteiger partial charge in [0, 0.05) is 13.1 Å². The van der Waals surface area contributed by atoms with Crippen molar-refractivity contribution in [2.45, 2.75) is 30.9 Å². The number of hydrogen-bond donors (Lipinski definition) is 2. The summed E-state index contributed by atoms with van der Waals surface area (Å²) in [5.74, 6) is 0. The van der Waals surface area contributed by atoms with E-state index in [-0.39, 0.29) is 5.25 Å². The van der Waals surface area contributed by atoms with Gasteiger partial charge in [0.25, 0.3) is 0 Å². The van der Waals surface area contributed by atoms with Gasteiger partial charge in [-0.3, -0.25) is 0 Å². The van der Waals surface area contributed by atoms with Gasteiger partial charge in [0.05, 0.1) is 5.25 Å². The van der Waals surface area contributed by atoms with Crippen LogP contribution in [0.2, 0.25) is 0 Å². The number of piperidine rings is 1. The second kappa shape index (κ2) is 6.13. The van der Waals surface area contributed by atoms with Crippen molar-refractivity contribution in [1.82, 2.24) is 14.9 Å². The average molecular weight is 261 g/mol. The Labute approximate surface area is 104 Å². The van der Waals surface area contributed by atoms with Gasteiger partial charge < -0.3 is 10.2 Å². The zero-order valence-corrected chi connectivity index (χ0v) is 11.1. The van der Waals surface area contributed by atoms with E-state index in [1.165, 1.54) is 12.8 Å². The molecule has 17 heavy (non-hydrogen) atoms. The lowest BCUT2D eigenvalue weighted by molar-refractivity contribution is 0.343. The average Bonchev–Trinajstić information content (AvgIpc) is 2.83. The second-order valence-corrected chi connectivity index (χ2v) is 6.98. The SMILES string of the molecule is O=S(=O)(NCCN1CCCC1)C1CCNCC1. The Balaban J connectivity index is 1.72. The summed E-state index contributed by atoms with van der Waals surface area (Å²) in [6, 6.07) is 0. The van der Waals surface area contributed by atoms with E-state index in [0.29, 0.717) is 6.54 Å². The zero-order valence-electron chi connectivity index (χ0n) is 10.3. The van der Waals surface area contributed by atoms with E-state index in [0.717, 1.165) is 45.6 Å². The summed E-state index contributed by atoms with van der Waals surface area (Å²) in [6.07, 6.45) is 3.97. The molecule has 0 saturated carbocycles. The Bertz CT molecular complexity index is 320. The van der Waals surface area contributed by atoms with Crippen molar-refractivity contribution in [2.24, 2.45) is 0 Å². The fraction of sp³-hybridized carbons (Fsp3) is 1.00. The highest BCUT2D eigenvalue weighted by Crippen LogP contribution is 2.12. The normalized spacial score (nSPS) is 24.2. The van der Waals surface area contributed by atoms with Crippen molar-refractivity contribution in [3.05, 3.63) is 0 Å². The molecule has 2 saturated heterocycles. The third-order valence-corrected chi connectivity index (χ3v) is 5.61. The maximum absolute atomic E-state index is 12.0. The van der Waals surface area contributed by atoms with Crippen molar-refractivity contribution < 1.29 is 8.42 Å². The summed E-state index contributed by atoms with van der Waals surface area (Å²) in [4.78, 5) is 2.32. The molecule has 100 valence electrons. The van der Waals surface area contributed by atoms with Crippen LogP contribution >= 0.6 is 0 Å². The minimum absolute atomic E-state index is 0.192. The van der Waals surface area contributed by atoms with Crippen LogP contribution in [-0.2, 0) is 10.0 Å². The minimum atomic E-state index is -3.09. The van der Waals surface area contributed by atoms with Crippen LogP contribution in [0.1, 0.15) is 25.7 Å². The lowest BCUT2D eigenvalue weighted by atomic mass is 10.2. The maximum Gasteiger partial charge on any atom is 0.214 e. The molecule has 0 aromatic carbocycles. The van der Waals surface area contributed by atoms with Crippen LogP contribution in [0.25, 0.3) is 0 Å². The van der Waals surface area contributed by atoms with E-state index < -0.39 is 10.0 Å². The predicted molar refractivity (Wildman–Crippen MR) is 68.5 cm³/mol. The molecule has 0 aromatic rings. The Kier molecular flexibility index (Phi) is 4.78. The predicted octanol–water partition coefficient (Wildman–Crippen LogP) is -0.246. The quantitative estimate of drug-likeness (QED) is 0.717. The van der Waals surface area contributed by atoms with E-state index in [2.05, 4.69) is 14.9 Å². The van der Waals surface area contributed by atoms with Crippen LogP contribution in [0.15, 0.2) is 0 Å². The highest BCUT2D eigenvalue weighted by molar-refractivity contribution is 7.90. The van der Waals surface area contributed by atoms with Gasteiger partial charge in [-0.15, -0.1) is 0 Å². The molecular weight excluding hydrogens is 238 g/mol. The fourth-order valence-corrected chi connectivity index (χ4v) is 4.04.